The zero-order valence-electron chi connectivity index (χ0n) is 26.3. The molecule has 45 heavy (non-hydrogen) atoms. The Balaban J connectivity index is 1.45. The van der Waals surface area contributed by atoms with Crippen molar-refractivity contribution >= 4 is 23.4 Å². The van der Waals surface area contributed by atoms with Crippen molar-refractivity contribution < 1.29 is 23.8 Å². The van der Waals surface area contributed by atoms with Crippen LogP contribution < -0.4 is 15.8 Å². The number of nitrogens with two attached hydrogens (primary N) is 1. The van der Waals surface area contributed by atoms with Crippen molar-refractivity contribution in [2.24, 2.45) is 0 Å². The molecule has 1 aliphatic heterocycles. The number of methoxy groups -OCH3 is 1. The third-order valence-corrected chi connectivity index (χ3v) is 8.47. The molecule has 1 saturated heterocycles. The lowest BCUT2D eigenvalue weighted by Gasteiger charge is -2.26. The number of rotatable bonds is 12. The lowest BCUT2D eigenvalue weighted by Crippen LogP contribution is -2.35. The van der Waals surface area contributed by atoms with Crippen LogP contribution in [0.4, 0.5) is 16.2 Å². The fourth-order valence-corrected chi connectivity index (χ4v) is 5.83. The molecule has 234 valence electrons. The average Bonchev–Trinajstić information content (AvgIpc) is 3.45. The Bertz CT molecular complexity index is 1640. The maximum absolute atomic E-state index is 14.0. The van der Waals surface area contributed by atoms with Gasteiger partial charge in [0.2, 0.25) is 5.91 Å². The molecule has 0 aliphatic carbocycles. The van der Waals surface area contributed by atoms with Gasteiger partial charge in [0, 0.05) is 18.9 Å². The van der Waals surface area contributed by atoms with E-state index < -0.39 is 12.1 Å². The summed E-state index contributed by atoms with van der Waals surface area (Å²) in [4.78, 5) is 28.2. The molecule has 0 bridgehead atoms. The molecule has 0 unspecified atom stereocenters. The van der Waals surface area contributed by atoms with Crippen LogP contribution in [0.5, 0.6) is 5.75 Å². The molecule has 1 aliphatic rings. The largest absolute Gasteiger partial charge is 0.497 e. The number of nitrogens with one attached hydrogen (secondary N) is 1. The van der Waals surface area contributed by atoms with Crippen LogP contribution in [0, 0.1) is 13.8 Å². The molecule has 0 radical (unpaired) electrons. The number of ether oxygens (including phenoxy) is 3. The zero-order valence-corrected chi connectivity index (χ0v) is 26.3. The number of imide groups is 1. The fraction of sp³-hybridized carbons (Fsp3) is 0.297. The van der Waals surface area contributed by atoms with Gasteiger partial charge in [0.1, 0.15) is 18.4 Å². The molecular formula is C37H41N3O5. The number of anilines is 2. The quantitative estimate of drug-likeness (QED) is 0.163. The number of hydrogen-bond acceptors (Lipinski definition) is 7. The minimum absolute atomic E-state index is 0.0640. The third kappa shape index (κ3) is 7.13. The molecule has 1 fully saturated rings. The molecule has 0 spiro atoms. The number of cyclic esters (lactones) is 1. The molecular weight excluding hydrogens is 566 g/mol. The van der Waals surface area contributed by atoms with Gasteiger partial charge in [-0.3, -0.25) is 4.79 Å². The van der Waals surface area contributed by atoms with Gasteiger partial charge in [-0.05, 0) is 77.9 Å². The summed E-state index contributed by atoms with van der Waals surface area (Å²) in [7, 11) is 1.65. The molecule has 8 heteroatoms. The van der Waals surface area contributed by atoms with Crippen molar-refractivity contribution in [3.63, 3.8) is 0 Å². The molecule has 1 heterocycles. The van der Waals surface area contributed by atoms with Gasteiger partial charge in [0.25, 0.3) is 0 Å². The molecule has 5 rings (SSSR count). The van der Waals surface area contributed by atoms with E-state index >= 15 is 0 Å². The first kappa shape index (κ1) is 31.6. The molecule has 4 aromatic rings. The van der Waals surface area contributed by atoms with Crippen LogP contribution in [0.1, 0.15) is 64.2 Å². The van der Waals surface area contributed by atoms with Crippen LogP contribution in [-0.2, 0) is 27.5 Å². The standard InChI is InChI=1S/C37H41N3O5/c1-5-39-33-18-17-31(25(3)36(33)38)32(20-35(41)40-34(23-45-37(40)42)27-9-7-6-8-10-27)28-14-11-24(2)29(19-28)22-44-21-26-12-15-30(43-4)16-13-26/h6-19,32,34,39H,5,20-23,38H2,1-4H3/t32-,34-/m0/s1. The second-order valence-corrected chi connectivity index (χ2v) is 11.3. The number of carbonyl (C=O) groups excluding carboxylic acids is 2. The molecule has 0 saturated carbocycles. The summed E-state index contributed by atoms with van der Waals surface area (Å²) in [6.45, 7) is 7.77. The van der Waals surface area contributed by atoms with E-state index in [-0.39, 0.29) is 24.9 Å². The van der Waals surface area contributed by atoms with Crippen LogP contribution in [0.2, 0.25) is 0 Å². The predicted molar refractivity (Wildman–Crippen MR) is 176 cm³/mol. The van der Waals surface area contributed by atoms with Crippen molar-refractivity contribution in [1.29, 1.82) is 0 Å². The van der Waals surface area contributed by atoms with Crippen molar-refractivity contribution in [3.8, 4) is 5.75 Å². The number of aryl methyl sites for hydroxylation is 1. The first-order valence-electron chi connectivity index (χ1n) is 15.3. The third-order valence-electron chi connectivity index (χ3n) is 8.47. The number of benzene rings is 4. The van der Waals surface area contributed by atoms with Crippen LogP contribution in [0.3, 0.4) is 0 Å². The second kappa shape index (κ2) is 14.3. The Kier molecular flexibility index (Phi) is 10.0. The van der Waals surface area contributed by atoms with Gasteiger partial charge in [-0.1, -0.05) is 66.7 Å². The van der Waals surface area contributed by atoms with Gasteiger partial charge < -0.3 is 25.3 Å². The van der Waals surface area contributed by atoms with E-state index in [9.17, 15) is 9.59 Å². The Morgan fingerprint density at radius 2 is 1.78 bits per heavy atom. The average molecular weight is 608 g/mol. The molecule has 0 aromatic heterocycles. The number of nitrogen functional groups attached to an aromatic ring is 1. The van der Waals surface area contributed by atoms with E-state index in [1.165, 1.54) is 4.90 Å². The van der Waals surface area contributed by atoms with E-state index in [0.717, 1.165) is 56.9 Å². The van der Waals surface area contributed by atoms with Gasteiger partial charge >= 0.3 is 6.09 Å². The Hall–Kier alpha value is -4.82. The van der Waals surface area contributed by atoms with Gasteiger partial charge in [-0.15, -0.1) is 0 Å². The molecule has 8 nitrogen and oxygen atoms in total. The highest BCUT2D eigenvalue weighted by Crippen LogP contribution is 2.38. The topological polar surface area (TPSA) is 103 Å². The van der Waals surface area contributed by atoms with Crippen LogP contribution in [-0.4, -0.2) is 37.2 Å². The number of amides is 2. The monoisotopic (exact) mass is 607 g/mol. The molecule has 3 N–H and O–H groups in total. The molecule has 2 amide bonds. The van der Waals surface area contributed by atoms with Crippen molar-refractivity contribution in [3.05, 3.63) is 124 Å². The molecule has 4 aromatic carbocycles. The maximum Gasteiger partial charge on any atom is 0.417 e. The summed E-state index contributed by atoms with van der Waals surface area (Å²) in [6.07, 6.45) is -0.558. The Morgan fingerprint density at radius 1 is 1.02 bits per heavy atom. The maximum atomic E-state index is 14.0. The SMILES string of the molecule is CCNc1ccc([C@@H](CC(=O)N2C(=O)OC[C@H]2c2ccccc2)c2ccc(C)c(COCc3ccc(OC)cc3)c2)c(C)c1N. The highest BCUT2D eigenvalue weighted by Gasteiger charge is 2.40. The van der Waals surface area contributed by atoms with Crippen LogP contribution in [0.25, 0.3) is 0 Å². The van der Waals surface area contributed by atoms with Gasteiger partial charge in [-0.2, -0.15) is 0 Å². The predicted octanol–water partition coefficient (Wildman–Crippen LogP) is 7.28. The van der Waals surface area contributed by atoms with E-state index in [0.29, 0.717) is 18.9 Å². The first-order chi connectivity index (χ1) is 21.8. The number of carbonyl (C=O) groups is 2. The van der Waals surface area contributed by atoms with Crippen LogP contribution >= 0.6 is 0 Å². The summed E-state index contributed by atoms with van der Waals surface area (Å²) in [6, 6.07) is 27.0. The fourth-order valence-electron chi connectivity index (χ4n) is 5.83. The number of nitrogens with zero attached hydrogens (tertiary/aromatic N) is 1. The summed E-state index contributed by atoms with van der Waals surface area (Å²) in [5, 5.41) is 3.31. The second-order valence-electron chi connectivity index (χ2n) is 11.3. The van der Waals surface area contributed by atoms with Gasteiger partial charge in [-0.25, -0.2) is 9.69 Å². The molecule has 2 atom stereocenters. The van der Waals surface area contributed by atoms with E-state index in [1.54, 1.807) is 7.11 Å². The Morgan fingerprint density at radius 3 is 2.49 bits per heavy atom. The van der Waals surface area contributed by atoms with Crippen LogP contribution in [0.15, 0.2) is 84.9 Å². The minimum Gasteiger partial charge on any atom is -0.497 e. The van der Waals surface area contributed by atoms with Gasteiger partial charge in [0.05, 0.1) is 31.7 Å². The lowest BCUT2D eigenvalue weighted by molar-refractivity contribution is -0.129. The summed E-state index contributed by atoms with van der Waals surface area (Å²) in [5.41, 5.74) is 14.9. The summed E-state index contributed by atoms with van der Waals surface area (Å²) in [5.74, 6) is 0.138. The van der Waals surface area contributed by atoms with E-state index in [4.69, 9.17) is 19.9 Å². The normalized spacial score (nSPS) is 15.1. The zero-order chi connectivity index (χ0) is 31.9. The van der Waals surface area contributed by atoms with Gasteiger partial charge in [0.15, 0.2) is 0 Å². The Labute approximate surface area is 265 Å². The smallest absolute Gasteiger partial charge is 0.417 e. The summed E-state index contributed by atoms with van der Waals surface area (Å²) >= 11 is 0. The lowest BCUT2D eigenvalue weighted by atomic mass is 9.83. The van der Waals surface area contributed by atoms with E-state index in [2.05, 4.69) is 24.4 Å². The van der Waals surface area contributed by atoms with Crippen molar-refractivity contribution in [2.75, 3.05) is 31.3 Å². The highest BCUT2D eigenvalue weighted by atomic mass is 16.6. The first-order valence-corrected chi connectivity index (χ1v) is 15.3. The van der Waals surface area contributed by atoms with E-state index in [1.807, 2.05) is 86.6 Å². The van der Waals surface area contributed by atoms with Crippen molar-refractivity contribution in [1.82, 2.24) is 4.90 Å². The summed E-state index contributed by atoms with van der Waals surface area (Å²) < 4.78 is 16.7. The minimum atomic E-state index is -0.622. The van der Waals surface area contributed by atoms with Crippen molar-refractivity contribution in [2.45, 2.75) is 52.4 Å². The highest BCUT2D eigenvalue weighted by molar-refractivity contribution is 5.94. The number of hydrogen-bond donors (Lipinski definition) is 2.